The number of fused-ring (bicyclic) bond motifs is 1. The Hall–Kier alpha value is -2.90. The number of amides is 1. The maximum absolute atomic E-state index is 13.0. The van der Waals surface area contributed by atoms with Crippen LogP contribution in [0.2, 0.25) is 5.02 Å². The topological polar surface area (TPSA) is 73.7 Å². The van der Waals surface area contributed by atoms with Crippen LogP contribution in [0, 0.1) is 0 Å². The summed E-state index contributed by atoms with van der Waals surface area (Å²) < 4.78 is 13.5. The number of likely N-dealkylation sites (tertiary alicyclic amines) is 1. The van der Waals surface area contributed by atoms with Crippen LogP contribution in [0.25, 0.3) is 10.8 Å². The lowest BCUT2D eigenvalue weighted by molar-refractivity contribution is -0.140. The Morgan fingerprint density at radius 2 is 2.03 bits per heavy atom. The van der Waals surface area contributed by atoms with E-state index in [0.29, 0.717) is 42.3 Å². The molecule has 0 N–H and O–H groups in total. The van der Waals surface area contributed by atoms with E-state index in [1.807, 2.05) is 36.4 Å². The van der Waals surface area contributed by atoms with E-state index in [4.69, 9.17) is 21.1 Å². The zero-order chi connectivity index (χ0) is 22.1. The first-order valence-corrected chi connectivity index (χ1v) is 11.2. The average Bonchev–Trinajstić information content (AvgIpc) is 3.18. The second kappa shape index (κ2) is 8.56. The van der Waals surface area contributed by atoms with E-state index in [1.165, 1.54) is 4.68 Å². The third-order valence-corrected chi connectivity index (χ3v) is 6.56. The van der Waals surface area contributed by atoms with Gasteiger partial charge in [0.2, 0.25) is 5.91 Å². The van der Waals surface area contributed by atoms with E-state index in [9.17, 15) is 9.59 Å². The highest BCUT2D eigenvalue weighted by Crippen LogP contribution is 2.37. The molecule has 1 amide bonds. The van der Waals surface area contributed by atoms with Crippen LogP contribution in [-0.4, -0.2) is 52.0 Å². The number of aromatic nitrogens is 2. The van der Waals surface area contributed by atoms with Crippen LogP contribution in [0.5, 0.6) is 5.75 Å². The summed E-state index contributed by atoms with van der Waals surface area (Å²) in [6, 6.07) is 14.6. The van der Waals surface area contributed by atoms with E-state index in [2.05, 4.69) is 5.10 Å². The van der Waals surface area contributed by atoms with E-state index in [1.54, 1.807) is 23.2 Å². The number of ether oxygens (including phenoxy) is 2. The number of para-hydroxylation sites is 1. The summed E-state index contributed by atoms with van der Waals surface area (Å²) in [5.41, 5.74) is -0.685. The molecule has 5 rings (SSSR count). The van der Waals surface area contributed by atoms with Gasteiger partial charge in [0.1, 0.15) is 18.4 Å². The lowest BCUT2D eigenvalue weighted by Gasteiger charge is -2.39. The molecule has 0 unspecified atom stereocenters. The van der Waals surface area contributed by atoms with Crippen LogP contribution in [0.15, 0.2) is 59.5 Å². The number of rotatable bonds is 4. The smallest absolute Gasteiger partial charge is 0.275 e. The van der Waals surface area contributed by atoms with Crippen molar-refractivity contribution in [2.24, 2.45) is 0 Å². The molecule has 0 saturated carbocycles. The molecule has 1 aromatic heterocycles. The quantitative estimate of drug-likeness (QED) is 0.606. The molecule has 2 aliphatic rings. The minimum atomic E-state index is -0.429. The fourth-order valence-electron chi connectivity index (χ4n) is 4.66. The Bertz CT molecular complexity index is 1210. The van der Waals surface area contributed by atoms with Crippen molar-refractivity contribution in [3.63, 3.8) is 0 Å². The molecule has 2 saturated heterocycles. The van der Waals surface area contributed by atoms with Gasteiger partial charge in [-0.2, -0.15) is 5.10 Å². The highest BCUT2D eigenvalue weighted by atomic mass is 35.5. The molecule has 166 valence electrons. The predicted octanol–water partition coefficient (Wildman–Crippen LogP) is 3.28. The van der Waals surface area contributed by atoms with Gasteiger partial charge in [-0.05, 0) is 31.0 Å². The number of halogens is 1. The van der Waals surface area contributed by atoms with Gasteiger partial charge in [0.05, 0.1) is 28.8 Å². The van der Waals surface area contributed by atoms with Gasteiger partial charge in [-0.25, -0.2) is 4.68 Å². The van der Waals surface area contributed by atoms with Gasteiger partial charge >= 0.3 is 0 Å². The monoisotopic (exact) mass is 453 g/mol. The van der Waals surface area contributed by atoms with Crippen molar-refractivity contribution >= 4 is 28.3 Å². The molecule has 7 nitrogen and oxygen atoms in total. The first-order chi connectivity index (χ1) is 15.5. The summed E-state index contributed by atoms with van der Waals surface area (Å²) >= 11 is 6.22. The summed E-state index contributed by atoms with van der Waals surface area (Å²) in [7, 11) is 0. The molecule has 0 radical (unpaired) electrons. The average molecular weight is 454 g/mol. The van der Waals surface area contributed by atoms with Gasteiger partial charge < -0.3 is 14.4 Å². The van der Waals surface area contributed by atoms with Gasteiger partial charge in [-0.15, -0.1) is 0 Å². The Balaban J connectivity index is 1.26. The molecular formula is C24H24ClN3O4. The summed E-state index contributed by atoms with van der Waals surface area (Å²) in [5.74, 6) is 0.512. The molecule has 2 aromatic carbocycles. The molecule has 3 heterocycles. The zero-order valence-corrected chi connectivity index (χ0v) is 18.3. The summed E-state index contributed by atoms with van der Waals surface area (Å²) in [6.07, 6.45) is 3.90. The van der Waals surface area contributed by atoms with Crippen LogP contribution in [-0.2, 0) is 16.1 Å². The van der Waals surface area contributed by atoms with Crippen molar-refractivity contribution in [1.29, 1.82) is 0 Å². The van der Waals surface area contributed by atoms with Crippen molar-refractivity contribution in [2.45, 2.75) is 37.5 Å². The Morgan fingerprint density at radius 3 is 2.91 bits per heavy atom. The third kappa shape index (κ3) is 4.10. The minimum Gasteiger partial charge on any atom is -0.486 e. The molecule has 2 aliphatic heterocycles. The van der Waals surface area contributed by atoms with Gasteiger partial charge in [0.25, 0.3) is 5.56 Å². The number of hydrogen-bond donors (Lipinski definition) is 0. The van der Waals surface area contributed by atoms with Crippen molar-refractivity contribution in [3.05, 3.63) is 70.1 Å². The SMILES string of the molecule is O=C(Cn1ncc2ccccc2c1=O)N1CCC[C@@]2(C[C@@H](Oc3ccccc3Cl)CO2)C1. The van der Waals surface area contributed by atoms with E-state index >= 15 is 0 Å². The highest BCUT2D eigenvalue weighted by molar-refractivity contribution is 6.32. The fraction of sp³-hybridized carbons (Fsp3) is 0.375. The molecule has 0 bridgehead atoms. The van der Waals surface area contributed by atoms with Crippen LogP contribution in [0.1, 0.15) is 19.3 Å². The largest absolute Gasteiger partial charge is 0.486 e. The standard InChI is InChI=1S/C24H24ClN3O4/c25-20-8-3-4-9-21(20)32-18-12-24(31-15-18)10-5-11-27(16-24)22(29)14-28-23(30)19-7-2-1-6-17(19)13-26-28/h1-4,6-9,13,18H,5,10-12,14-16H2/t18-,24-/m1/s1. The van der Waals surface area contributed by atoms with Crippen molar-refractivity contribution in [1.82, 2.24) is 14.7 Å². The van der Waals surface area contributed by atoms with Gasteiger partial charge in [0.15, 0.2) is 0 Å². The van der Waals surface area contributed by atoms with Gasteiger partial charge in [-0.1, -0.05) is 41.9 Å². The molecule has 1 spiro atoms. The first kappa shape index (κ1) is 21.0. The number of nitrogens with zero attached hydrogens (tertiary/aromatic N) is 3. The first-order valence-electron chi connectivity index (χ1n) is 10.8. The van der Waals surface area contributed by atoms with Crippen LogP contribution < -0.4 is 10.3 Å². The second-order valence-electron chi connectivity index (χ2n) is 8.48. The Morgan fingerprint density at radius 1 is 1.22 bits per heavy atom. The molecule has 3 aromatic rings. The van der Waals surface area contributed by atoms with Gasteiger partial charge in [-0.3, -0.25) is 9.59 Å². The van der Waals surface area contributed by atoms with Crippen molar-refractivity contribution < 1.29 is 14.3 Å². The molecule has 32 heavy (non-hydrogen) atoms. The molecular weight excluding hydrogens is 430 g/mol. The summed E-state index contributed by atoms with van der Waals surface area (Å²) in [4.78, 5) is 27.5. The predicted molar refractivity (Wildman–Crippen MR) is 121 cm³/mol. The maximum atomic E-state index is 13.0. The minimum absolute atomic E-state index is 0.0840. The second-order valence-corrected chi connectivity index (χ2v) is 8.89. The van der Waals surface area contributed by atoms with Crippen LogP contribution in [0.3, 0.4) is 0 Å². The van der Waals surface area contributed by atoms with Gasteiger partial charge in [0, 0.05) is 24.9 Å². The van der Waals surface area contributed by atoms with E-state index in [-0.39, 0.29) is 24.1 Å². The number of carbonyl (C=O) groups excluding carboxylic acids is 1. The maximum Gasteiger partial charge on any atom is 0.275 e. The summed E-state index contributed by atoms with van der Waals surface area (Å²) in [6.45, 7) is 1.50. The number of benzene rings is 2. The number of carbonyl (C=O) groups is 1. The Labute approximate surface area is 190 Å². The molecule has 0 aliphatic carbocycles. The Kier molecular flexibility index (Phi) is 5.61. The fourth-order valence-corrected chi connectivity index (χ4v) is 4.84. The third-order valence-electron chi connectivity index (χ3n) is 6.24. The number of piperidine rings is 1. The lowest BCUT2D eigenvalue weighted by atomic mass is 9.89. The van der Waals surface area contributed by atoms with Crippen LogP contribution >= 0.6 is 11.6 Å². The lowest BCUT2D eigenvalue weighted by Crippen LogP contribution is -2.51. The molecule has 2 fully saturated rings. The summed E-state index contributed by atoms with van der Waals surface area (Å²) in [5, 5.41) is 6.09. The molecule has 2 atom stereocenters. The van der Waals surface area contributed by atoms with Crippen molar-refractivity contribution in [3.8, 4) is 5.75 Å². The highest BCUT2D eigenvalue weighted by Gasteiger charge is 2.45. The van der Waals surface area contributed by atoms with E-state index < -0.39 is 5.60 Å². The van der Waals surface area contributed by atoms with Crippen LogP contribution in [0.4, 0.5) is 0 Å². The zero-order valence-electron chi connectivity index (χ0n) is 17.6. The normalized spacial score (nSPS) is 23.0. The van der Waals surface area contributed by atoms with Crippen molar-refractivity contribution in [2.75, 3.05) is 19.7 Å². The number of hydrogen-bond acceptors (Lipinski definition) is 5. The van der Waals surface area contributed by atoms with E-state index in [0.717, 1.165) is 18.2 Å². The molecule has 8 heteroatoms.